The van der Waals surface area contributed by atoms with Crippen molar-refractivity contribution in [3.05, 3.63) is 17.6 Å². The van der Waals surface area contributed by atoms with E-state index in [0.717, 1.165) is 29.6 Å². The number of nitrogens with zero attached hydrogens (tertiary/aromatic N) is 2. The van der Waals surface area contributed by atoms with Crippen molar-refractivity contribution in [3.8, 4) is 0 Å². The van der Waals surface area contributed by atoms with Crippen LogP contribution in [0.15, 0.2) is 6.07 Å². The summed E-state index contributed by atoms with van der Waals surface area (Å²) in [7, 11) is 0. The summed E-state index contributed by atoms with van der Waals surface area (Å²) in [5, 5.41) is 3.27. The Bertz CT molecular complexity index is 339. The van der Waals surface area contributed by atoms with E-state index < -0.39 is 0 Å². The van der Waals surface area contributed by atoms with E-state index in [0.29, 0.717) is 5.92 Å². The Morgan fingerprint density at radius 3 is 2.65 bits per heavy atom. The summed E-state index contributed by atoms with van der Waals surface area (Å²) in [4.78, 5) is 9.15. The van der Waals surface area contributed by atoms with Gasteiger partial charge in [0, 0.05) is 18.3 Å². The lowest BCUT2D eigenvalue weighted by Crippen LogP contribution is -2.06. The molecule has 0 aliphatic rings. The zero-order valence-electron chi connectivity index (χ0n) is 11.3. The molecule has 0 aliphatic carbocycles. The van der Waals surface area contributed by atoms with Crippen LogP contribution >= 0.6 is 11.8 Å². The highest BCUT2D eigenvalue weighted by Gasteiger charge is 2.07. The van der Waals surface area contributed by atoms with Gasteiger partial charge in [0.15, 0.2) is 0 Å². The number of hydrogen-bond donors (Lipinski definition) is 1. The Balaban J connectivity index is 2.79. The van der Waals surface area contributed by atoms with E-state index >= 15 is 0 Å². The van der Waals surface area contributed by atoms with E-state index in [1.54, 1.807) is 0 Å². The van der Waals surface area contributed by atoms with Crippen molar-refractivity contribution in [1.29, 1.82) is 0 Å². The largest absolute Gasteiger partial charge is 0.370 e. The minimum atomic E-state index is 0.449. The second kappa shape index (κ2) is 7.54. The first kappa shape index (κ1) is 14.3. The van der Waals surface area contributed by atoms with E-state index in [1.807, 2.05) is 11.8 Å². The number of thioether (sulfide) groups is 1. The molecular formula is C13H23N3S. The predicted octanol–water partition coefficient (Wildman–Crippen LogP) is 3.68. The molecule has 0 saturated heterocycles. The van der Waals surface area contributed by atoms with Crippen LogP contribution in [0.5, 0.6) is 0 Å². The van der Waals surface area contributed by atoms with Gasteiger partial charge >= 0.3 is 0 Å². The van der Waals surface area contributed by atoms with Gasteiger partial charge in [0.05, 0.1) is 5.75 Å². The van der Waals surface area contributed by atoms with Crippen LogP contribution in [0.4, 0.5) is 5.82 Å². The number of nitrogens with one attached hydrogen (secondary N) is 1. The summed E-state index contributed by atoms with van der Waals surface area (Å²) in [6.07, 6.45) is 1.20. The first-order valence-electron chi connectivity index (χ1n) is 6.36. The van der Waals surface area contributed by atoms with Gasteiger partial charge in [0.25, 0.3) is 0 Å². The van der Waals surface area contributed by atoms with Gasteiger partial charge in [-0.15, -0.1) is 0 Å². The van der Waals surface area contributed by atoms with E-state index in [1.165, 1.54) is 12.2 Å². The molecule has 0 unspecified atom stereocenters. The van der Waals surface area contributed by atoms with Gasteiger partial charge in [-0.3, -0.25) is 0 Å². The zero-order valence-corrected chi connectivity index (χ0v) is 12.1. The minimum Gasteiger partial charge on any atom is -0.370 e. The standard InChI is InChI=1S/C13H23N3S/c1-5-7-17-9-13-15-11(10(3)4)8-12(16-13)14-6-2/h8,10H,5-7,9H2,1-4H3,(H,14,15,16). The molecule has 0 fully saturated rings. The van der Waals surface area contributed by atoms with Crippen molar-refractivity contribution in [2.24, 2.45) is 0 Å². The van der Waals surface area contributed by atoms with Crippen LogP contribution in [-0.4, -0.2) is 22.3 Å². The zero-order chi connectivity index (χ0) is 12.7. The molecular weight excluding hydrogens is 230 g/mol. The Morgan fingerprint density at radius 1 is 1.29 bits per heavy atom. The average molecular weight is 253 g/mol. The Hall–Kier alpha value is -0.770. The van der Waals surface area contributed by atoms with E-state index in [4.69, 9.17) is 0 Å². The molecule has 0 bridgehead atoms. The molecule has 0 radical (unpaired) electrons. The molecule has 0 saturated carbocycles. The molecule has 0 spiro atoms. The van der Waals surface area contributed by atoms with Crippen LogP contribution in [-0.2, 0) is 5.75 Å². The van der Waals surface area contributed by atoms with Crippen molar-refractivity contribution in [1.82, 2.24) is 9.97 Å². The topological polar surface area (TPSA) is 37.8 Å². The molecule has 1 aromatic heterocycles. The summed E-state index contributed by atoms with van der Waals surface area (Å²) < 4.78 is 0. The van der Waals surface area contributed by atoms with Crippen LogP contribution in [0.1, 0.15) is 51.6 Å². The number of aromatic nitrogens is 2. The van der Waals surface area contributed by atoms with Gasteiger partial charge in [0.1, 0.15) is 11.6 Å². The monoisotopic (exact) mass is 253 g/mol. The fraction of sp³-hybridized carbons (Fsp3) is 0.692. The number of hydrogen-bond acceptors (Lipinski definition) is 4. The maximum absolute atomic E-state index is 4.62. The SMILES string of the molecule is CCCSCc1nc(NCC)cc(C(C)C)n1. The van der Waals surface area contributed by atoms with E-state index in [2.05, 4.69) is 49.0 Å². The molecule has 17 heavy (non-hydrogen) atoms. The lowest BCUT2D eigenvalue weighted by molar-refractivity contribution is 0.799. The highest BCUT2D eigenvalue weighted by Crippen LogP contribution is 2.18. The molecule has 4 heteroatoms. The first-order valence-corrected chi connectivity index (χ1v) is 7.52. The summed E-state index contributed by atoms with van der Waals surface area (Å²) in [6.45, 7) is 9.52. The van der Waals surface area contributed by atoms with Crippen molar-refractivity contribution in [2.45, 2.75) is 45.8 Å². The predicted molar refractivity (Wildman–Crippen MR) is 76.7 cm³/mol. The third-order valence-corrected chi connectivity index (χ3v) is 3.48. The van der Waals surface area contributed by atoms with Gasteiger partial charge in [-0.05, 0) is 25.0 Å². The van der Waals surface area contributed by atoms with Crippen molar-refractivity contribution in [3.63, 3.8) is 0 Å². The Labute approximate surface area is 109 Å². The fourth-order valence-electron chi connectivity index (χ4n) is 1.46. The van der Waals surface area contributed by atoms with Crippen LogP contribution < -0.4 is 5.32 Å². The molecule has 0 aromatic carbocycles. The first-order chi connectivity index (χ1) is 8.17. The third-order valence-electron chi connectivity index (χ3n) is 2.32. The second-order valence-electron chi connectivity index (χ2n) is 4.33. The summed E-state index contributed by atoms with van der Waals surface area (Å²) in [5.41, 5.74) is 1.13. The van der Waals surface area contributed by atoms with Gasteiger partial charge in [0.2, 0.25) is 0 Å². The van der Waals surface area contributed by atoms with Crippen molar-refractivity contribution < 1.29 is 0 Å². The second-order valence-corrected chi connectivity index (χ2v) is 5.44. The lowest BCUT2D eigenvalue weighted by Gasteiger charge is -2.10. The lowest BCUT2D eigenvalue weighted by atomic mass is 10.1. The Kier molecular flexibility index (Phi) is 6.34. The molecule has 3 nitrogen and oxygen atoms in total. The minimum absolute atomic E-state index is 0.449. The van der Waals surface area contributed by atoms with Gasteiger partial charge in [-0.1, -0.05) is 20.8 Å². The van der Waals surface area contributed by atoms with Crippen molar-refractivity contribution >= 4 is 17.6 Å². The van der Waals surface area contributed by atoms with Crippen LogP contribution in [0.2, 0.25) is 0 Å². The molecule has 0 amide bonds. The molecule has 1 N–H and O–H groups in total. The summed E-state index contributed by atoms with van der Waals surface area (Å²) in [6, 6.07) is 2.06. The van der Waals surface area contributed by atoms with Gasteiger partial charge in [-0.25, -0.2) is 9.97 Å². The number of anilines is 1. The Morgan fingerprint density at radius 2 is 2.06 bits per heavy atom. The van der Waals surface area contributed by atoms with Crippen LogP contribution in [0.3, 0.4) is 0 Å². The van der Waals surface area contributed by atoms with E-state index in [-0.39, 0.29) is 0 Å². The maximum atomic E-state index is 4.62. The van der Waals surface area contributed by atoms with Crippen LogP contribution in [0.25, 0.3) is 0 Å². The fourth-order valence-corrected chi connectivity index (χ4v) is 2.20. The van der Waals surface area contributed by atoms with Gasteiger partial charge in [-0.2, -0.15) is 11.8 Å². The quantitative estimate of drug-likeness (QED) is 0.752. The van der Waals surface area contributed by atoms with E-state index in [9.17, 15) is 0 Å². The molecule has 1 heterocycles. The highest BCUT2D eigenvalue weighted by atomic mass is 32.2. The molecule has 0 atom stereocenters. The molecule has 1 aromatic rings. The molecule has 0 aliphatic heterocycles. The molecule has 1 rings (SSSR count). The van der Waals surface area contributed by atoms with Gasteiger partial charge < -0.3 is 5.32 Å². The highest BCUT2D eigenvalue weighted by molar-refractivity contribution is 7.98. The van der Waals surface area contributed by atoms with Crippen LogP contribution in [0, 0.1) is 0 Å². The number of rotatable bonds is 7. The average Bonchev–Trinajstić information content (AvgIpc) is 2.29. The molecule has 96 valence electrons. The maximum Gasteiger partial charge on any atom is 0.140 e. The van der Waals surface area contributed by atoms with Crippen molar-refractivity contribution in [2.75, 3.05) is 17.6 Å². The summed E-state index contributed by atoms with van der Waals surface area (Å²) >= 11 is 1.90. The smallest absolute Gasteiger partial charge is 0.140 e. The normalized spacial score (nSPS) is 10.9. The third kappa shape index (κ3) is 4.94. The summed E-state index contributed by atoms with van der Waals surface area (Å²) in [5.74, 6) is 4.44.